The average Bonchev–Trinajstić information content (AvgIpc) is 3.05. The van der Waals surface area contributed by atoms with Gasteiger partial charge in [-0.2, -0.15) is 0 Å². The molecule has 32 heavy (non-hydrogen) atoms. The van der Waals surface area contributed by atoms with E-state index in [1.165, 1.54) is 17.5 Å². The van der Waals surface area contributed by atoms with Crippen LogP contribution in [0.1, 0.15) is 53.6 Å². The highest BCUT2D eigenvalue weighted by Crippen LogP contribution is 2.43. The lowest BCUT2D eigenvalue weighted by molar-refractivity contribution is 0.112. The van der Waals surface area contributed by atoms with E-state index in [4.69, 9.17) is 15.5 Å². The molecule has 0 saturated carbocycles. The van der Waals surface area contributed by atoms with Crippen LogP contribution in [0.25, 0.3) is 16.6 Å². The second-order valence-corrected chi connectivity index (χ2v) is 9.03. The Morgan fingerprint density at radius 1 is 1.09 bits per heavy atom. The highest BCUT2D eigenvalue weighted by atomic mass is 32.2. The van der Waals surface area contributed by atoms with E-state index >= 15 is 0 Å². The van der Waals surface area contributed by atoms with Crippen molar-refractivity contribution in [1.29, 1.82) is 0 Å². The lowest BCUT2D eigenvalue weighted by Crippen LogP contribution is -2.07. The van der Waals surface area contributed by atoms with E-state index in [-0.39, 0.29) is 0 Å². The Morgan fingerprint density at radius 3 is 2.25 bits per heavy atom. The zero-order chi connectivity index (χ0) is 24.3. The number of carbonyl (C=O) groups excluding carboxylic acids is 1. The number of carbonyl (C=O) groups is 1. The zero-order valence-electron chi connectivity index (χ0n) is 20.5. The SMILES string of the molecule is CN.COc1ccc(C)c(-n2c(N)c(C=O)c3c(C)nc(C)c(SC(C)=C(C)C)c32)c1C. The first kappa shape index (κ1) is 25.5. The fraction of sp³-hybridized carbons (Fsp3) is 0.360. The Morgan fingerprint density at radius 2 is 1.72 bits per heavy atom. The van der Waals surface area contributed by atoms with Gasteiger partial charge in [-0.05, 0) is 72.0 Å². The minimum absolute atomic E-state index is 0.423. The minimum Gasteiger partial charge on any atom is -0.496 e. The summed E-state index contributed by atoms with van der Waals surface area (Å²) in [5, 5.41) is 0.804. The van der Waals surface area contributed by atoms with E-state index in [1.807, 2.05) is 44.4 Å². The van der Waals surface area contributed by atoms with Crippen molar-refractivity contribution in [2.24, 2.45) is 5.73 Å². The van der Waals surface area contributed by atoms with Crippen molar-refractivity contribution in [2.75, 3.05) is 19.9 Å². The van der Waals surface area contributed by atoms with E-state index in [2.05, 4.69) is 26.5 Å². The predicted molar refractivity (Wildman–Crippen MR) is 136 cm³/mol. The molecule has 1 aromatic carbocycles. The van der Waals surface area contributed by atoms with Gasteiger partial charge in [-0.15, -0.1) is 0 Å². The molecule has 0 bridgehead atoms. The van der Waals surface area contributed by atoms with Gasteiger partial charge in [-0.25, -0.2) is 0 Å². The van der Waals surface area contributed by atoms with Gasteiger partial charge in [0.1, 0.15) is 11.6 Å². The number of fused-ring (bicyclic) bond motifs is 1. The molecule has 0 spiro atoms. The molecule has 2 heterocycles. The summed E-state index contributed by atoms with van der Waals surface area (Å²) < 4.78 is 7.58. The Balaban J connectivity index is 0.00000176. The van der Waals surface area contributed by atoms with Crippen LogP contribution in [0.2, 0.25) is 0 Å². The maximum absolute atomic E-state index is 12.1. The number of thioether (sulfide) groups is 1. The van der Waals surface area contributed by atoms with E-state index < -0.39 is 0 Å². The molecular weight excluding hydrogens is 420 g/mol. The number of aryl methyl sites for hydroxylation is 3. The Bertz CT molecular complexity index is 1210. The topological polar surface area (TPSA) is 96.2 Å². The van der Waals surface area contributed by atoms with E-state index in [0.29, 0.717) is 11.4 Å². The maximum atomic E-state index is 12.1. The third-order valence-electron chi connectivity index (χ3n) is 5.59. The van der Waals surface area contributed by atoms with Crippen molar-refractivity contribution in [2.45, 2.75) is 53.4 Å². The number of aromatic nitrogens is 2. The van der Waals surface area contributed by atoms with Crippen molar-refractivity contribution >= 4 is 34.8 Å². The molecule has 0 radical (unpaired) electrons. The molecule has 6 nitrogen and oxygen atoms in total. The van der Waals surface area contributed by atoms with Gasteiger partial charge in [0.25, 0.3) is 0 Å². The predicted octanol–water partition coefficient (Wildman–Crippen LogP) is 5.64. The number of allylic oxidation sites excluding steroid dienone is 2. The zero-order valence-corrected chi connectivity index (χ0v) is 21.3. The van der Waals surface area contributed by atoms with Crippen LogP contribution in [0.15, 0.2) is 27.5 Å². The lowest BCUT2D eigenvalue weighted by atomic mass is 10.1. The number of aldehydes is 1. The normalized spacial score (nSPS) is 10.6. The van der Waals surface area contributed by atoms with Crippen molar-refractivity contribution in [3.8, 4) is 11.4 Å². The maximum Gasteiger partial charge on any atom is 0.154 e. The summed E-state index contributed by atoms with van der Waals surface area (Å²) in [6, 6.07) is 3.97. The van der Waals surface area contributed by atoms with Crippen LogP contribution in [0.4, 0.5) is 5.82 Å². The third kappa shape index (κ3) is 4.27. The van der Waals surface area contributed by atoms with Crippen molar-refractivity contribution in [3.05, 3.63) is 50.7 Å². The molecular formula is C25H34N4O2S. The fourth-order valence-electron chi connectivity index (χ4n) is 3.83. The van der Waals surface area contributed by atoms with Gasteiger partial charge in [-0.3, -0.25) is 14.3 Å². The number of nitrogens with two attached hydrogens (primary N) is 2. The fourth-order valence-corrected chi connectivity index (χ4v) is 4.82. The van der Waals surface area contributed by atoms with Crippen LogP contribution in [0.3, 0.4) is 0 Å². The number of pyridine rings is 1. The van der Waals surface area contributed by atoms with E-state index in [1.54, 1.807) is 18.9 Å². The highest BCUT2D eigenvalue weighted by molar-refractivity contribution is 8.03. The van der Waals surface area contributed by atoms with Crippen LogP contribution in [-0.2, 0) is 0 Å². The van der Waals surface area contributed by atoms with Gasteiger partial charge in [-0.1, -0.05) is 23.4 Å². The van der Waals surface area contributed by atoms with Gasteiger partial charge < -0.3 is 16.2 Å². The number of ether oxygens (including phenoxy) is 1. The number of nitrogens with zero attached hydrogens (tertiary/aromatic N) is 2. The van der Waals surface area contributed by atoms with E-state index in [9.17, 15) is 4.79 Å². The molecule has 0 amide bonds. The number of rotatable bonds is 5. The standard InChI is InChI=1S/C24H29N3O2S.CH5N/c1-12(2)17(7)30-23-16(6)26-15(5)20-18(11-28)24(25)27(22(20)23)21-13(3)9-10-19(29-8)14(21)4;1-2/h9-11H,25H2,1-8H3;2H2,1H3. The molecule has 0 aliphatic heterocycles. The molecule has 172 valence electrons. The van der Waals surface area contributed by atoms with Gasteiger partial charge >= 0.3 is 0 Å². The second kappa shape index (κ2) is 10.2. The smallest absolute Gasteiger partial charge is 0.154 e. The van der Waals surface area contributed by atoms with Crippen LogP contribution >= 0.6 is 11.8 Å². The summed E-state index contributed by atoms with van der Waals surface area (Å²) in [5.74, 6) is 1.20. The van der Waals surface area contributed by atoms with Crippen LogP contribution in [-0.4, -0.2) is 30.0 Å². The number of anilines is 1. The quantitative estimate of drug-likeness (QED) is 0.382. The summed E-state index contributed by atoms with van der Waals surface area (Å²) in [7, 11) is 3.16. The molecule has 0 atom stereocenters. The Hall–Kier alpha value is -2.77. The minimum atomic E-state index is 0.423. The number of benzene rings is 1. The van der Waals surface area contributed by atoms with Gasteiger partial charge in [0, 0.05) is 16.6 Å². The third-order valence-corrected chi connectivity index (χ3v) is 7.00. The van der Waals surface area contributed by atoms with Crippen molar-refractivity contribution in [1.82, 2.24) is 9.55 Å². The van der Waals surface area contributed by atoms with E-state index in [0.717, 1.165) is 56.0 Å². The molecule has 2 aromatic heterocycles. The molecule has 0 saturated heterocycles. The van der Waals surface area contributed by atoms with Crippen LogP contribution in [0.5, 0.6) is 5.75 Å². The van der Waals surface area contributed by atoms with Gasteiger partial charge in [0.05, 0.1) is 34.5 Å². The first-order valence-corrected chi connectivity index (χ1v) is 11.3. The van der Waals surface area contributed by atoms with Crippen molar-refractivity contribution in [3.63, 3.8) is 0 Å². The molecule has 3 rings (SSSR count). The number of methoxy groups -OCH3 is 1. The summed E-state index contributed by atoms with van der Waals surface area (Å²) >= 11 is 1.67. The molecule has 4 N–H and O–H groups in total. The largest absolute Gasteiger partial charge is 0.496 e. The highest BCUT2D eigenvalue weighted by Gasteiger charge is 2.25. The Kier molecular flexibility index (Phi) is 8.15. The summed E-state index contributed by atoms with van der Waals surface area (Å²) in [6.07, 6.45) is 0.839. The Labute approximate surface area is 195 Å². The molecule has 3 aromatic rings. The first-order chi connectivity index (χ1) is 15.1. The molecule has 0 aliphatic carbocycles. The molecule has 7 heteroatoms. The van der Waals surface area contributed by atoms with Crippen LogP contribution in [0, 0.1) is 27.7 Å². The first-order valence-electron chi connectivity index (χ1n) is 10.4. The second-order valence-electron chi connectivity index (χ2n) is 7.80. The van der Waals surface area contributed by atoms with Crippen LogP contribution < -0.4 is 16.2 Å². The molecule has 0 aliphatic rings. The van der Waals surface area contributed by atoms with Crippen molar-refractivity contribution < 1.29 is 9.53 Å². The molecule has 0 unspecified atom stereocenters. The molecule has 0 fully saturated rings. The summed E-state index contributed by atoms with van der Waals surface area (Å²) in [6.45, 7) is 14.3. The number of hydrogen-bond acceptors (Lipinski definition) is 6. The lowest BCUT2D eigenvalue weighted by Gasteiger charge is -2.19. The summed E-state index contributed by atoms with van der Waals surface area (Å²) in [5.41, 5.74) is 18.4. The summed E-state index contributed by atoms with van der Waals surface area (Å²) in [4.78, 5) is 19.1. The number of nitrogen functional groups attached to an aromatic ring is 1. The van der Waals surface area contributed by atoms with Gasteiger partial charge in [0.2, 0.25) is 0 Å². The number of hydrogen-bond donors (Lipinski definition) is 2. The monoisotopic (exact) mass is 454 g/mol. The average molecular weight is 455 g/mol. The van der Waals surface area contributed by atoms with Gasteiger partial charge in [0.15, 0.2) is 6.29 Å².